The number of hydrogen-bond donors (Lipinski definition) is 0. The summed E-state index contributed by atoms with van der Waals surface area (Å²) in [5.74, 6) is 0. The standard InChI is InChI=1S/C46H30N4/c1-3-13-32(14-4-1)49(35-27-28-44-41(29-35)38-19-11-12-22-43(38)50(44)33-15-5-2-6-16-33)34-25-23-31(24-26-34)42-30-47-45-39-20-9-7-17-36(39)37-18-8-10-21-40(37)46(45)48-42/h1-30H. The summed E-state index contributed by atoms with van der Waals surface area (Å²) in [4.78, 5) is 12.5. The fraction of sp³-hybridized carbons (Fsp3) is 0. The molecule has 0 saturated heterocycles. The summed E-state index contributed by atoms with van der Waals surface area (Å²) in [7, 11) is 0. The van der Waals surface area contributed by atoms with Gasteiger partial charge in [0, 0.05) is 49.9 Å². The zero-order valence-electron chi connectivity index (χ0n) is 27.1. The molecule has 234 valence electrons. The van der Waals surface area contributed by atoms with Crippen LogP contribution in [-0.4, -0.2) is 14.5 Å². The van der Waals surface area contributed by atoms with Crippen LogP contribution >= 0.6 is 0 Å². The van der Waals surface area contributed by atoms with Crippen molar-refractivity contribution in [1.82, 2.24) is 14.5 Å². The summed E-state index contributed by atoms with van der Waals surface area (Å²) < 4.78 is 2.35. The predicted octanol–water partition coefficient (Wildman–Crippen LogP) is 12.2. The van der Waals surface area contributed by atoms with Gasteiger partial charge in [0.1, 0.15) is 0 Å². The van der Waals surface area contributed by atoms with E-state index in [4.69, 9.17) is 9.97 Å². The third-order valence-electron chi connectivity index (χ3n) is 9.79. The van der Waals surface area contributed by atoms with Crippen LogP contribution < -0.4 is 4.90 Å². The zero-order chi connectivity index (χ0) is 33.0. The third-order valence-corrected chi connectivity index (χ3v) is 9.79. The van der Waals surface area contributed by atoms with Gasteiger partial charge in [0.15, 0.2) is 0 Å². The normalized spacial score (nSPS) is 11.6. The summed E-state index contributed by atoms with van der Waals surface area (Å²) in [6, 6.07) is 62.3. The lowest BCUT2D eigenvalue weighted by atomic mass is 9.99. The summed E-state index contributed by atoms with van der Waals surface area (Å²) in [6.07, 6.45) is 1.91. The van der Waals surface area contributed by atoms with Crippen molar-refractivity contribution < 1.29 is 0 Å². The molecular formula is C46H30N4. The number of hydrogen-bond acceptors (Lipinski definition) is 3. The molecule has 0 radical (unpaired) electrons. The first-order valence-corrected chi connectivity index (χ1v) is 16.9. The van der Waals surface area contributed by atoms with Crippen LogP contribution in [0.3, 0.4) is 0 Å². The van der Waals surface area contributed by atoms with E-state index in [1.54, 1.807) is 0 Å². The monoisotopic (exact) mass is 638 g/mol. The Hall–Kier alpha value is -6.78. The largest absolute Gasteiger partial charge is 0.310 e. The topological polar surface area (TPSA) is 34.0 Å². The minimum atomic E-state index is 0.853. The lowest BCUT2D eigenvalue weighted by Crippen LogP contribution is -2.09. The molecule has 50 heavy (non-hydrogen) atoms. The van der Waals surface area contributed by atoms with E-state index in [2.05, 4.69) is 185 Å². The molecule has 0 bridgehead atoms. The maximum Gasteiger partial charge on any atom is 0.0979 e. The van der Waals surface area contributed by atoms with E-state index >= 15 is 0 Å². The average molecular weight is 639 g/mol. The molecule has 0 spiro atoms. The average Bonchev–Trinajstić information content (AvgIpc) is 3.53. The Morgan fingerprint density at radius 2 is 0.940 bits per heavy atom. The van der Waals surface area contributed by atoms with Gasteiger partial charge in [0.05, 0.1) is 34.0 Å². The van der Waals surface area contributed by atoms with Crippen LogP contribution in [0.5, 0.6) is 0 Å². The number of nitrogens with zero attached hydrogens (tertiary/aromatic N) is 4. The molecule has 8 aromatic carbocycles. The number of benzene rings is 8. The first-order valence-electron chi connectivity index (χ1n) is 16.9. The molecule has 4 heteroatoms. The zero-order valence-corrected chi connectivity index (χ0v) is 27.1. The Balaban J connectivity index is 1.10. The van der Waals surface area contributed by atoms with Gasteiger partial charge in [-0.2, -0.15) is 0 Å². The third kappa shape index (κ3) is 4.46. The van der Waals surface area contributed by atoms with Crippen molar-refractivity contribution in [2.45, 2.75) is 0 Å². The fourth-order valence-corrected chi connectivity index (χ4v) is 7.52. The van der Waals surface area contributed by atoms with Crippen LogP contribution in [0.1, 0.15) is 0 Å². The van der Waals surface area contributed by atoms with E-state index in [0.717, 1.165) is 55.8 Å². The number of aromatic nitrogens is 3. The van der Waals surface area contributed by atoms with Gasteiger partial charge in [-0.25, -0.2) is 4.98 Å². The molecular weight excluding hydrogens is 609 g/mol. The Labute approximate surface area is 289 Å². The molecule has 0 aliphatic rings. The van der Waals surface area contributed by atoms with Crippen molar-refractivity contribution in [1.29, 1.82) is 0 Å². The highest BCUT2D eigenvalue weighted by Gasteiger charge is 2.18. The van der Waals surface area contributed by atoms with Crippen molar-refractivity contribution in [3.63, 3.8) is 0 Å². The number of para-hydroxylation sites is 3. The van der Waals surface area contributed by atoms with E-state index in [1.807, 2.05) is 6.20 Å². The predicted molar refractivity (Wildman–Crippen MR) is 209 cm³/mol. The second-order valence-corrected chi connectivity index (χ2v) is 12.7. The molecule has 0 unspecified atom stereocenters. The van der Waals surface area contributed by atoms with Crippen LogP contribution in [-0.2, 0) is 0 Å². The number of anilines is 3. The van der Waals surface area contributed by atoms with Gasteiger partial charge in [0.25, 0.3) is 0 Å². The van der Waals surface area contributed by atoms with Crippen molar-refractivity contribution in [2.24, 2.45) is 0 Å². The molecule has 0 aliphatic carbocycles. The number of fused-ring (bicyclic) bond motifs is 9. The summed E-state index contributed by atoms with van der Waals surface area (Å²) in [6.45, 7) is 0. The lowest BCUT2D eigenvalue weighted by Gasteiger charge is -2.26. The van der Waals surface area contributed by atoms with Crippen LogP contribution in [0.2, 0.25) is 0 Å². The van der Waals surface area contributed by atoms with Crippen molar-refractivity contribution in [3.05, 3.63) is 182 Å². The summed E-state index contributed by atoms with van der Waals surface area (Å²) in [5, 5.41) is 7.08. The molecule has 0 atom stereocenters. The second kappa shape index (κ2) is 11.4. The van der Waals surface area contributed by atoms with Crippen LogP contribution in [0.25, 0.3) is 71.3 Å². The maximum atomic E-state index is 5.23. The summed E-state index contributed by atoms with van der Waals surface area (Å²) >= 11 is 0. The van der Waals surface area contributed by atoms with E-state index in [0.29, 0.717) is 0 Å². The first kappa shape index (κ1) is 28.3. The van der Waals surface area contributed by atoms with Crippen LogP contribution in [0.4, 0.5) is 17.1 Å². The van der Waals surface area contributed by atoms with Crippen molar-refractivity contribution in [2.75, 3.05) is 4.90 Å². The highest BCUT2D eigenvalue weighted by molar-refractivity contribution is 6.23. The summed E-state index contributed by atoms with van der Waals surface area (Å²) in [5.41, 5.74) is 10.5. The molecule has 10 rings (SSSR count). The highest BCUT2D eigenvalue weighted by atomic mass is 15.1. The van der Waals surface area contributed by atoms with Gasteiger partial charge < -0.3 is 9.47 Å². The van der Waals surface area contributed by atoms with E-state index in [1.165, 1.54) is 32.6 Å². The molecule has 4 nitrogen and oxygen atoms in total. The first-order chi connectivity index (χ1) is 24.8. The number of rotatable bonds is 5. The Morgan fingerprint density at radius 3 is 1.66 bits per heavy atom. The molecule has 0 aliphatic heterocycles. The van der Waals surface area contributed by atoms with E-state index in [9.17, 15) is 0 Å². The minimum absolute atomic E-state index is 0.853. The smallest absolute Gasteiger partial charge is 0.0979 e. The fourth-order valence-electron chi connectivity index (χ4n) is 7.52. The van der Waals surface area contributed by atoms with E-state index in [-0.39, 0.29) is 0 Å². The van der Waals surface area contributed by atoms with Crippen LogP contribution in [0.15, 0.2) is 182 Å². The minimum Gasteiger partial charge on any atom is -0.310 e. The molecule has 0 N–H and O–H groups in total. The molecule has 10 aromatic rings. The van der Waals surface area contributed by atoms with Gasteiger partial charge in [-0.15, -0.1) is 0 Å². The Morgan fingerprint density at radius 1 is 0.400 bits per heavy atom. The van der Waals surface area contributed by atoms with Gasteiger partial charge in [-0.1, -0.05) is 115 Å². The van der Waals surface area contributed by atoms with Gasteiger partial charge in [0.2, 0.25) is 0 Å². The Bertz CT molecular complexity index is 2820. The second-order valence-electron chi connectivity index (χ2n) is 12.7. The van der Waals surface area contributed by atoms with E-state index < -0.39 is 0 Å². The van der Waals surface area contributed by atoms with Crippen molar-refractivity contribution in [3.8, 4) is 16.9 Å². The van der Waals surface area contributed by atoms with Crippen molar-refractivity contribution >= 4 is 71.4 Å². The molecule has 0 saturated carbocycles. The maximum absolute atomic E-state index is 5.23. The highest BCUT2D eigenvalue weighted by Crippen LogP contribution is 2.40. The van der Waals surface area contributed by atoms with Gasteiger partial charge in [-0.3, -0.25) is 4.98 Å². The molecule has 2 aromatic heterocycles. The lowest BCUT2D eigenvalue weighted by molar-refractivity contribution is 1.18. The molecule has 2 heterocycles. The Kier molecular flexibility index (Phi) is 6.46. The molecule has 0 amide bonds. The molecule has 0 fully saturated rings. The quantitative estimate of drug-likeness (QED) is 0.176. The SMILES string of the molecule is c1ccc(N(c2ccc(-c3cnc4c5ccccc5c5ccccc5c4n3)cc2)c2ccc3c(c2)c2ccccc2n3-c2ccccc2)cc1. The van der Waals surface area contributed by atoms with Gasteiger partial charge >= 0.3 is 0 Å². The van der Waals surface area contributed by atoms with Crippen LogP contribution in [0, 0.1) is 0 Å². The van der Waals surface area contributed by atoms with Gasteiger partial charge in [-0.05, 0) is 71.4 Å².